The topological polar surface area (TPSA) is 101 Å². The molecule has 1 aromatic carbocycles. The standard InChI is InChI=1S/C15H24N4O2/c1-10-6-4-5-7-12(10)13(18-15(17)21)8-14(20)19(3)11(2)9-16/h4-7,11,13H,8-9,16H2,1-3H3,(H3,17,18,21). The minimum Gasteiger partial charge on any atom is -0.352 e. The van der Waals surface area contributed by atoms with Crippen molar-refractivity contribution in [2.75, 3.05) is 13.6 Å². The van der Waals surface area contributed by atoms with E-state index in [1.165, 1.54) is 0 Å². The molecule has 0 radical (unpaired) electrons. The van der Waals surface area contributed by atoms with Crippen LogP contribution in [0.1, 0.15) is 30.5 Å². The molecule has 21 heavy (non-hydrogen) atoms. The first-order chi connectivity index (χ1) is 9.86. The molecule has 6 heteroatoms. The van der Waals surface area contributed by atoms with E-state index in [1.54, 1.807) is 11.9 Å². The molecule has 2 unspecified atom stereocenters. The highest BCUT2D eigenvalue weighted by Crippen LogP contribution is 2.21. The van der Waals surface area contributed by atoms with Gasteiger partial charge in [0.15, 0.2) is 0 Å². The Morgan fingerprint density at radius 3 is 2.48 bits per heavy atom. The number of amides is 3. The Morgan fingerprint density at radius 2 is 1.95 bits per heavy atom. The van der Waals surface area contributed by atoms with Gasteiger partial charge in [-0.25, -0.2) is 4.79 Å². The molecule has 116 valence electrons. The van der Waals surface area contributed by atoms with Crippen molar-refractivity contribution in [2.45, 2.75) is 32.4 Å². The highest BCUT2D eigenvalue weighted by molar-refractivity contribution is 5.79. The molecule has 1 rings (SSSR count). The monoisotopic (exact) mass is 292 g/mol. The van der Waals surface area contributed by atoms with Crippen molar-refractivity contribution in [3.8, 4) is 0 Å². The van der Waals surface area contributed by atoms with Gasteiger partial charge in [-0.3, -0.25) is 4.79 Å². The number of urea groups is 1. The molecule has 0 aromatic heterocycles. The zero-order valence-corrected chi connectivity index (χ0v) is 12.8. The molecule has 0 aliphatic rings. The number of hydrogen-bond acceptors (Lipinski definition) is 3. The Bertz CT molecular complexity index is 504. The lowest BCUT2D eigenvalue weighted by Crippen LogP contribution is -2.42. The van der Waals surface area contributed by atoms with Crippen LogP contribution in [0.25, 0.3) is 0 Å². The Kier molecular flexibility index (Phi) is 6.17. The number of primary amides is 1. The smallest absolute Gasteiger partial charge is 0.312 e. The highest BCUT2D eigenvalue weighted by atomic mass is 16.2. The molecule has 1 aromatic rings. The summed E-state index contributed by atoms with van der Waals surface area (Å²) in [5, 5.41) is 2.64. The first kappa shape index (κ1) is 17.0. The molecule has 0 spiro atoms. The zero-order valence-electron chi connectivity index (χ0n) is 12.8. The Hall–Kier alpha value is -2.08. The second-order valence-electron chi connectivity index (χ2n) is 5.21. The summed E-state index contributed by atoms with van der Waals surface area (Å²) in [4.78, 5) is 25.1. The molecule has 0 saturated heterocycles. The number of aryl methyl sites for hydroxylation is 1. The van der Waals surface area contributed by atoms with Crippen LogP contribution >= 0.6 is 0 Å². The fourth-order valence-corrected chi connectivity index (χ4v) is 2.11. The predicted molar refractivity (Wildman–Crippen MR) is 82.5 cm³/mol. The average Bonchev–Trinajstić information content (AvgIpc) is 2.44. The lowest BCUT2D eigenvalue weighted by atomic mass is 9.98. The van der Waals surface area contributed by atoms with Crippen LogP contribution in [0.2, 0.25) is 0 Å². The van der Waals surface area contributed by atoms with E-state index in [1.807, 2.05) is 38.1 Å². The number of nitrogens with zero attached hydrogens (tertiary/aromatic N) is 1. The number of nitrogens with two attached hydrogens (primary N) is 2. The van der Waals surface area contributed by atoms with Crippen LogP contribution in [0.3, 0.4) is 0 Å². The Morgan fingerprint density at radius 1 is 1.33 bits per heavy atom. The third-order valence-corrected chi connectivity index (χ3v) is 3.65. The SMILES string of the molecule is Cc1ccccc1C(CC(=O)N(C)C(C)CN)NC(N)=O. The molecule has 5 N–H and O–H groups in total. The second-order valence-corrected chi connectivity index (χ2v) is 5.21. The van der Waals surface area contributed by atoms with E-state index in [2.05, 4.69) is 5.32 Å². The van der Waals surface area contributed by atoms with Crippen molar-refractivity contribution in [1.82, 2.24) is 10.2 Å². The Balaban J connectivity index is 2.92. The number of carbonyl (C=O) groups excluding carboxylic acids is 2. The third kappa shape index (κ3) is 4.75. The van der Waals surface area contributed by atoms with Gasteiger partial charge in [-0.1, -0.05) is 24.3 Å². The van der Waals surface area contributed by atoms with Crippen molar-refractivity contribution in [3.63, 3.8) is 0 Å². The van der Waals surface area contributed by atoms with Crippen LogP contribution in [0.15, 0.2) is 24.3 Å². The molecule has 2 atom stereocenters. The highest BCUT2D eigenvalue weighted by Gasteiger charge is 2.22. The summed E-state index contributed by atoms with van der Waals surface area (Å²) in [5.74, 6) is -0.0880. The number of hydrogen-bond donors (Lipinski definition) is 3. The molecular formula is C15H24N4O2. The molecule has 0 aliphatic carbocycles. The van der Waals surface area contributed by atoms with E-state index in [4.69, 9.17) is 11.5 Å². The lowest BCUT2D eigenvalue weighted by molar-refractivity contribution is -0.132. The van der Waals surface area contributed by atoms with Gasteiger partial charge < -0.3 is 21.7 Å². The van der Waals surface area contributed by atoms with Crippen molar-refractivity contribution in [1.29, 1.82) is 0 Å². The summed E-state index contributed by atoms with van der Waals surface area (Å²) >= 11 is 0. The molecule has 0 saturated carbocycles. The lowest BCUT2D eigenvalue weighted by Gasteiger charge is -2.27. The summed E-state index contributed by atoms with van der Waals surface area (Å²) in [6.07, 6.45) is 0.147. The summed E-state index contributed by atoms with van der Waals surface area (Å²) in [7, 11) is 1.71. The van der Waals surface area contributed by atoms with Gasteiger partial charge in [-0.05, 0) is 25.0 Å². The number of carbonyl (C=O) groups is 2. The number of rotatable bonds is 6. The van der Waals surface area contributed by atoms with Crippen molar-refractivity contribution in [3.05, 3.63) is 35.4 Å². The maximum atomic E-state index is 12.3. The summed E-state index contributed by atoms with van der Waals surface area (Å²) in [6.45, 7) is 4.20. The van der Waals surface area contributed by atoms with Crippen LogP contribution in [-0.2, 0) is 4.79 Å². The van der Waals surface area contributed by atoms with E-state index in [-0.39, 0.29) is 18.4 Å². The second kappa shape index (κ2) is 7.64. The van der Waals surface area contributed by atoms with Crippen LogP contribution in [0.5, 0.6) is 0 Å². The molecular weight excluding hydrogens is 268 g/mol. The minimum atomic E-state index is -0.648. The van der Waals surface area contributed by atoms with Crippen LogP contribution in [0.4, 0.5) is 4.79 Å². The molecule has 6 nitrogen and oxygen atoms in total. The van der Waals surface area contributed by atoms with Gasteiger partial charge in [0.2, 0.25) is 5.91 Å². The van der Waals surface area contributed by atoms with Gasteiger partial charge in [0.1, 0.15) is 0 Å². The van der Waals surface area contributed by atoms with Crippen LogP contribution < -0.4 is 16.8 Å². The molecule has 0 bridgehead atoms. The quantitative estimate of drug-likeness (QED) is 0.726. The average molecular weight is 292 g/mol. The summed E-state index contributed by atoms with van der Waals surface area (Å²) in [6, 6.07) is 6.45. The minimum absolute atomic E-state index is 0.0522. The van der Waals surface area contributed by atoms with Gasteiger partial charge in [0.05, 0.1) is 12.5 Å². The molecule has 0 fully saturated rings. The molecule has 0 aliphatic heterocycles. The number of likely N-dealkylation sites (N-methyl/N-ethyl adjacent to an activating group) is 1. The third-order valence-electron chi connectivity index (χ3n) is 3.65. The van der Waals surface area contributed by atoms with Gasteiger partial charge in [-0.15, -0.1) is 0 Å². The van der Waals surface area contributed by atoms with Crippen molar-refractivity contribution in [2.24, 2.45) is 11.5 Å². The predicted octanol–water partition coefficient (Wildman–Crippen LogP) is 0.900. The fourth-order valence-electron chi connectivity index (χ4n) is 2.11. The first-order valence-corrected chi connectivity index (χ1v) is 6.94. The fraction of sp³-hybridized carbons (Fsp3) is 0.467. The van der Waals surface area contributed by atoms with E-state index in [0.717, 1.165) is 11.1 Å². The first-order valence-electron chi connectivity index (χ1n) is 6.94. The van der Waals surface area contributed by atoms with Gasteiger partial charge in [0.25, 0.3) is 0 Å². The molecule has 3 amide bonds. The van der Waals surface area contributed by atoms with Gasteiger partial charge in [0, 0.05) is 19.6 Å². The summed E-state index contributed by atoms with van der Waals surface area (Å²) in [5.41, 5.74) is 12.7. The van der Waals surface area contributed by atoms with E-state index < -0.39 is 12.1 Å². The van der Waals surface area contributed by atoms with E-state index >= 15 is 0 Å². The van der Waals surface area contributed by atoms with E-state index in [9.17, 15) is 9.59 Å². The number of nitrogens with one attached hydrogen (secondary N) is 1. The van der Waals surface area contributed by atoms with Crippen molar-refractivity contribution >= 4 is 11.9 Å². The maximum Gasteiger partial charge on any atom is 0.312 e. The van der Waals surface area contributed by atoms with Crippen LogP contribution in [-0.4, -0.2) is 36.5 Å². The molecule has 0 heterocycles. The normalized spacial score (nSPS) is 13.3. The van der Waals surface area contributed by atoms with E-state index in [0.29, 0.717) is 6.54 Å². The largest absolute Gasteiger partial charge is 0.352 e. The van der Waals surface area contributed by atoms with Crippen LogP contribution in [0, 0.1) is 6.92 Å². The summed E-state index contributed by atoms with van der Waals surface area (Å²) < 4.78 is 0. The van der Waals surface area contributed by atoms with Gasteiger partial charge in [-0.2, -0.15) is 0 Å². The Labute approximate surface area is 125 Å². The van der Waals surface area contributed by atoms with Crippen molar-refractivity contribution < 1.29 is 9.59 Å². The number of benzene rings is 1. The maximum absolute atomic E-state index is 12.3. The van der Waals surface area contributed by atoms with Gasteiger partial charge >= 0.3 is 6.03 Å². The zero-order chi connectivity index (χ0) is 16.0.